The molecule has 2 aromatic rings. The van der Waals surface area contributed by atoms with Gasteiger partial charge in [0.05, 0.1) is 12.0 Å². The average Bonchev–Trinajstić information content (AvgIpc) is 2.64. The standard InChI is InChI=1S/C19H19NO5/c21-13-19(14-7-3-1-4-8-14,15-9-5-2-6-10-15)17(24)18(25)20-12-11-16(22)23/h1-12,17,21,24H,13H2,(H,20,25)(H,22,23)/b12-11+. The third-order valence-electron chi connectivity index (χ3n) is 3.99. The number of benzene rings is 2. The smallest absolute Gasteiger partial charge is 0.329 e. The van der Waals surface area contributed by atoms with E-state index >= 15 is 0 Å². The van der Waals surface area contributed by atoms with Crippen molar-refractivity contribution in [1.82, 2.24) is 5.32 Å². The van der Waals surface area contributed by atoms with Crippen molar-refractivity contribution in [3.63, 3.8) is 0 Å². The highest BCUT2D eigenvalue weighted by Gasteiger charge is 2.44. The first-order valence-corrected chi connectivity index (χ1v) is 7.62. The zero-order valence-electron chi connectivity index (χ0n) is 13.4. The van der Waals surface area contributed by atoms with E-state index in [1.54, 1.807) is 60.7 Å². The van der Waals surface area contributed by atoms with E-state index in [2.05, 4.69) is 5.32 Å². The van der Waals surface area contributed by atoms with E-state index < -0.39 is 30.0 Å². The Balaban J connectivity index is 2.48. The molecule has 1 unspecified atom stereocenters. The van der Waals surface area contributed by atoms with E-state index in [1.165, 1.54) is 0 Å². The molecule has 0 aliphatic rings. The Morgan fingerprint density at radius 1 is 1.00 bits per heavy atom. The van der Waals surface area contributed by atoms with Crippen molar-refractivity contribution in [2.45, 2.75) is 11.5 Å². The van der Waals surface area contributed by atoms with E-state index in [0.717, 1.165) is 12.3 Å². The van der Waals surface area contributed by atoms with E-state index in [1.807, 2.05) is 0 Å². The molecule has 2 rings (SSSR count). The Morgan fingerprint density at radius 3 is 1.88 bits per heavy atom. The van der Waals surface area contributed by atoms with Gasteiger partial charge in [0.15, 0.2) is 0 Å². The summed E-state index contributed by atoms with van der Waals surface area (Å²) in [4.78, 5) is 22.9. The summed E-state index contributed by atoms with van der Waals surface area (Å²) in [6, 6.07) is 17.4. The third-order valence-corrected chi connectivity index (χ3v) is 3.99. The third kappa shape index (κ3) is 3.93. The number of hydrogen-bond donors (Lipinski definition) is 4. The molecule has 4 N–H and O–H groups in total. The number of aliphatic hydroxyl groups is 2. The molecular formula is C19H19NO5. The minimum Gasteiger partial charge on any atom is -0.478 e. The van der Waals surface area contributed by atoms with Crippen LogP contribution in [0, 0.1) is 0 Å². The molecule has 130 valence electrons. The predicted molar refractivity (Wildman–Crippen MR) is 91.7 cm³/mol. The first-order valence-electron chi connectivity index (χ1n) is 7.62. The number of carbonyl (C=O) groups excluding carboxylic acids is 1. The second-order valence-corrected chi connectivity index (χ2v) is 5.44. The van der Waals surface area contributed by atoms with Crippen LogP contribution in [0.15, 0.2) is 72.9 Å². The van der Waals surface area contributed by atoms with Crippen molar-refractivity contribution in [1.29, 1.82) is 0 Å². The quantitative estimate of drug-likeness (QED) is 0.563. The fraction of sp³-hybridized carbons (Fsp3) is 0.158. The monoisotopic (exact) mass is 341 g/mol. The molecule has 0 saturated heterocycles. The van der Waals surface area contributed by atoms with Gasteiger partial charge < -0.3 is 20.6 Å². The minimum absolute atomic E-state index is 0.516. The predicted octanol–water partition coefficient (Wildman–Crippen LogP) is 1.04. The van der Waals surface area contributed by atoms with E-state index in [4.69, 9.17) is 5.11 Å². The summed E-state index contributed by atoms with van der Waals surface area (Å²) in [7, 11) is 0. The highest BCUT2D eigenvalue weighted by Crippen LogP contribution is 2.35. The number of carbonyl (C=O) groups is 2. The van der Waals surface area contributed by atoms with Crippen LogP contribution in [-0.2, 0) is 15.0 Å². The van der Waals surface area contributed by atoms with Crippen LogP contribution in [-0.4, -0.2) is 39.9 Å². The molecule has 0 aromatic heterocycles. The van der Waals surface area contributed by atoms with Crippen LogP contribution in [0.25, 0.3) is 0 Å². The molecule has 1 atom stereocenters. The maximum absolute atomic E-state index is 12.4. The van der Waals surface area contributed by atoms with Crippen LogP contribution in [0.3, 0.4) is 0 Å². The Kier molecular flexibility index (Phi) is 6.05. The first-order chi connectivity index (χ1) is 12.0. The second kappa shape index (κ2) is 8.23. The Labute approximate surface area is 145 Å². The number of carboxylic acids is 1. The molecule has 0 bridgehead atoms. The van der Waals surface area contributed by atoms with Gasteiger partial charge in [-0.3, -0.25) is 4.79 Å². The molecule has 0 fully saturated rings. The molecular weight excluding hydrogens is 322 g/mol. The summed E-state index contributed by atoms with van der Waals surface area (Å²) in [5.74, 6) is -2.05. The fourth-order valence-corrected chi connectivity index (χ4v) is 2.72. The van der Waals surface area contributed by atoms with Gasteiger partial charge in [0, 0.05) is 12.3 Å². The van der Waals surface area contributed by atoms with E-state index in [-0.39, 0.29) is 0 Å². The van der Waals surface area contributed by atoms with Crippen molar-refractivity contribution >= 4 is 11.9 Å². The molecule has 1 amide bonds. The van der Waals surface area contributed by atoms with Crippen LogP contribution >= 0.6 is 0 Å². The number of aliphatic hydroxyl groups excluding tert-OH is 2. The molecule has 6 nitrogen and oxygen atoms in total. The van der Waals surface area contributed by atoms with Crippen molar-refractivity contribution in [3.05, 3.63) is 84.1 Å². The normalized spacial score (nSPS) is 12.7. The van der Waals surface area contributed by atoms with Gasteiger partial charge >= 0.3 is 5.97 Å². The molecule has 0 spiro atoms. The molecule has 2 aromatic carbocycles. The molecule has 0 aliphatic heterocycles. The number of hydrogen-bond acceptors (Lipinski definition) is 4. The lowest BCUT2D eigenvalue weighted by molar-refractivity contribution is -0.132. The Morgan fingerprint density at radius 2 is 1.48 bits per heavy atom. The Bertz CT molecular complexity index is 703. The molecule has 0 saturated carbocycles. The summed E-state index contributed by atoms with van der Waals surface area (Å²) >= 11 is 0. The summed E-state index contributed by atoms with van der Waals surface area (Å²) in [6.45, 7) is -0.516. The zero-order valence-corrected chi connectivity index (χ0v) is 13.4. The second-order valence-electron chi connectivity index (χ2n) is 5.44. The highest BCUT2D eigenvalue weighted by molar-refractivity contribution is 5.86. The van der Waals surface area contributed by atoms with E-state index in [0.29, 0.717) is 11.1 Å². The SMILES string of the molecule is O=C(O)/C=C/NC(=O)C(O)C(CO)(c1ccccc1)c1ccccc1. The summed E-state index contributed by atoms with van der Waals surface area (Å²) in [6.07, 6.45) is 0.0446. The van der Waals surface area contributed by atoms with Crippen molar-refractivity contribution in [2.24, 2.45) is 0 Å². The molecule has 0 heterocycles. The minimum atomic E-state index is -1.64. The van der Waals surface area contributed by atoms with Gasteiger partial charge in [-0.15, -0.1) is 0 Å². The van der Waals surface area contributed by atoms with Gasteiger partial charge in [0.25, 0.3) is 5.91 Å². The van der Waals surface area contributed by atoms with Crippen LogP contribution in [0.5, 0.6) is 0 Å². The lowest BCUT2D eigenvalue weighted by atomic mass is 9.70. The number of nitrogens with one attached hydrogen (secondary N) is 1. The van der Waals surface area contributed by atoms with Crippen LogP contribution < -0.4 is 5.32 Å². The maximum Gasteiger partial charge on any atom is 0.329 e. The molecule has 25 heavy (non-hydrogen) atoms. The van der Waals surface area contributed by atoms with Gasteiger partial charge in [-0.2, -0.15) is 0 Å². The molecule has 0 radical (unpaired) electrons. The maximum atomic E-state index is 12.4. The lowest BCUT2D eigenvalue weighted by Crippen LogP contribution is -2.51. The van der Waals surface area contributed by atoms with Crippen molar-refractivity contribution in [2.75, 3.05) is 6.61 Å². The number of rotatable bonds is 7. The molecule has 6 heteroatoms. The Hall–Kier alpha value is -2.96. The summed E-state index contributed by atoms with van der Waals surface area (Å²) in [5.41, 5.74) is -0.258. The van der Waals surface area contributed by atoms with Gasteiger partial charge in [-0.25, -0.2) is 4.79 Å². The molecule has 0 aliphatic carbocycles. The van der Waals surface area contributed by atoms with Crippen LogP contribution in [0.4, 0.5) is 0 Å². The van der Waals surface area contributed by atoms with Crippen LogP contribution in [0.1, 0.15) is 11.1 Å². The number of amides is 1. The highest BCUT2D eigenvalue weighted by atomic mass is 16.4. The van der Waals surface area contributed by atoms with Crippen molar-refractivity contribution in [3.8, 4) is 0 Å². The zero-order chi connectivity index (χ0) is 18.3. The summed E-state index contributed by atoms with van der Waals surface area (Å²) in [5, 5.41) is 31.7. The average molecular weight is 341 g/mol. The summed E-state index contributed by atoms with van der Waals surface area (Å²) < 4.78 is 0. The van der Waals surface area contributed by atoms with Gasteiger partial charge in [0.2, 0.25) is 0 Å². The van der Waals surface area contributed by atoms with Crippen LogP contribution in [0.2, 0.25) is 0 Å². The van der Waals surface area contributed by atoms with E-state index in [9.17, 15) is 19.8 Å². The van der Waals surface area contributed by atoms with Crippen molar-refractivity contribution < 1.29 is 24.9 Å². The number of aliphatic carboxylic acids is 1. The number of carboxylic acid groups (broad SMARTS) is 1. The lowest BCUT2D eigenvalue weighted by Gasteiger charge is -2.36. The topological polar surface area (TPSA) is 107 Å². The van der Waals surface area contributed by atoms with Gasteiger partial charge in [-0.05, 0) is 11.1 Å². The van der Waals surface area contributed by atoms with Gasteiger partial charge in [-0.1, -0.05) is 60.7 Å². The fourth-order valence-electron chi connectivity index (χ4n) is 2.72. The first kappa shape index (κ1) is 18.4. The largest absolute Gasteiger partial charge is 0.478 e. The van der Waals surface area contributed by atoms with Gasteiger partial charge in [0.1, 0.15) is 6.10 Å².